The van der Waals surface area contributed by atoms with Gasteiger partial charge in [-0.05, 0) is 43.7 Å². The predicted octanol–water partition coefficient (Wildman–Crippen LogP) is 3.17. The maximum Gasteiger partial charge on any atom is 0.273 e. The van der Waals surface area contributed by atoms with Gasteiger partial charge in [0.1, 0.15) is 5.75 Å². The topological polar surface area (TPSA) is 92.5 Å². The molecule has 1 amide bonds. The van der Waals surface area contributed by atoms with Crippen LogP contribution in [0, 0.1) is 24.0 Å². The van der Waals surface area contributed by atoms with Crippen molar-refractivity contribution in [2.24, 2.45) is 0 Å². The summed E-state index contributed by atoms with van der Waals surface area (Å²) in [5.74, 6) is -0.291. The Morgan fingerprint density at radius 1 is 1.24 bits per heavy atom. The Labute approximate surface area is 121 Å². The summed E-state index contributed by atoms with van der Waals surface area (Å²) in [6, 6.07) is 9.03. The van der Waals surface area contributed by atoms with Crippen molar-refractivity contribution in [3.8, 4) is 5.75 Å². The van der Waals surface area contributed by atoms with E-state index >= 15 is 0 Å². The summed E-state index contributed by atoms with van der Waals surface area (Å²) < 4.78 is 0. The van der Waals surface area contributed by atoms with E-state index in [-0.39, 0.29) is 17.0 Å². The van der Waals surface area contributed by atoms with Crippen molar-refractivity contribution >= 4 is 17.3 Å². The van der Waals surface area contributed by atoms with Crippen molar-refractivity contribution in [2.45, 2.75) is 13.8 Å². The normalized spacial score (nSPS) is 10.2. The summed E-state index contributed by atoms with van der Waals surface area (Å²) >= 11 is 0. The summed E-state index contributed by atoms with van der Waals surface area (Å²) in [5.41, 5.74) is 1.61. The van der Waals surface area contributed by atoms with Crippen LogP contribution in [-0.2, 0) is 0 Å². The SMILES string of the molecule is Cc1cc(NC(=O)c2cccc([N+](=O)[O-])c2C)ccc1O. The van der Waals surface area contributed by atoms with Crippen LogP contribution < -0.4 is 5.32 Å². The second-order valence-corrected chi connectivity index (χ2v) is 4.66. The van der Waals surface area contributed by atoms with Crippen molar-refractivity contribution < 1.29 is 14.8 Å². The summed E-state index contributed by atoms with van der Waals surface area (Å²) in [4.78, 5) is 22.6. The van der Waals surface area contributed by atoms with E-state index in [1.807, 2.05) is 0 Å². The lowest BCUT2D eigenvalue weighted by Gasteiger charge is -2.09. The first-order valence-corrected chi connectivity index (χ1v) is 6.25. The van der Waals surface area contributed by atoms with Crippen LogP contribution >= 0.6 is 0 Å². The third-order valence-corrected chi connectivity index (χ3v) is 3.20. The first kappa shape index (κ1) is 14.5. The maximum absolute atomic E-state index is 12.2. The minimum absolute atomic E-state index is 0.0930. The van der Waals surface area contributed by atoms with Crippen LogP contribution in [0.25, 0.3) is 0 Å². The number of carbonyl (C=O) groups is 1. The van der Waals surface area contributed by atoms with Gasteiger partial charge in [0.25, 0.3) is 11.6 Å². The molecule has 0 aliphatic carbocycles. The first-order valence-electron chi connectivity index (χ1n) is 6.25. The summed E-state index contributed by atoms with van der Waals surface area (Å²) in [5, 5.41) is 23.0. The third kappa shape index (κ3) is 3.00. The molecule has 2 rings (SSSR count). The fourth-order valence-electron chi connectivity index (χ4n) is 2.00. The molecule has 2 N–H and O–H groups in total. The average Bonchev–Trinajstić information content (AvgIpc) is 2.42. The molecule has 0 aliphatic heterocycles. The quantitative estimate of drug-likeness (QED) is 0.515. The number of anilines is 1. The molecule has 0 radical (unpaired) electrons. The molecule has 21 heavy (non-hydrogen) atoms. The lowest BCUT2D eigenvalue weighted by molar-refractivity contribution is -0.385. The van der Waals surface area contributed by atoms with E-state index in [4.69, 9.17) is 0 Å². The van der Waals surface area contributed by atoms with Crippen LogP contribution in [0.2, 0.25) is 0 Å². The van der Waals surface area contributed by atoms with E-state index in [2.05, 4.69) is 5.32 Å². The van der Waals surface area contributed by atoms with Crippen LogP contribution in [0.5, 0.6) is 5.75 Å². The monoisotopic (exact) mass is 286 g/mol. The number of phenolic OH excluding ortho intramolecular Hbond substituents is 1. The molecule has 0 aliphatic rings. The standard InChI is InChI=1S/C15H14N2O4/c1-9-8-11(6-7-14(9)18)16-15(19)12-4-3-5-13(10(12)2)17(20)21/h3-8,18H,1-2H3,(H,16,19). The molecule has 0 bridgehead atoms. The summed E-state index contributed by atoms with van der Waals surface area (Å²) in [7, 11) is 0. The Kier molecular flexibility index (Phi) is 3.89. The molecule has 6 heteroatoms. The molecule has 2 aromatic carbocycles. The molecule has 2 aromatic rings. The van der Waals surface area contributed by atoms with E-state index in [0.717, 1.165) is 0 Å². The molecular formula is C15H14N2O4. The van der Waals surface area contributed by atoms with Gasteiger partial charge in [0.2, 0.25) is 0 Å². The predicted molar refractivity (Wildman–Crippen MR) is 78.6 cm³/mol. The van der Waals surface area contributed by atoms with Crippen molar-refractivity contribution in [1.29, 1.82) is 0 Å². The first-order chi connectivity index (χ1) is 9.90. The van der Waals surface area contributed by atoms with Gasteiger partial charge in [-0.3, -0.25) is 14.9 Å². The molecule has 0 saturated carbocycles. The van der Waals surface area contributed by atoms with Gasteiger partial charge < -0.3 is 10.4 Å². The molecule has 0 atom stereocenters. The van der Waals surface area contributed by atoms with Crippen molar-refractivity contribution in [3.05, 3.63) is 63.2 Å². The highest BCUT2D eigenvalue weighted by molar-refractivity contribution is 6.05. The Morgan fingerprint density at radius 3 is 2.57 bits per heavy atom. The molecule has 108 valence electrons. The van der Waals surface area contributed by atoms with Crippen molar-refractivity contribution in [3.63, 3.8) is 0 Å². The van der Waals surface area contributed by atoms with Crippen LogP contribution in [0.3, 0.4) is 0 Å². The number of nitro benzene ring substituents is 1. The maximum atomic E-state index is 12.2. The molecule has 0 fully saturated rings. The average molecular weight is 286 g/mol. The number of hydrogen-bond donors (Lipinski definition) is 2. The third-order valence-electron chi connectivity index (χ3n) is 3.20. The van der Waals surface area contributed by atoms with Gasteiger partial charge >= 0.3 is 0 Å². The van der Waals surface area contributed by atoms with Crippen LogP contribution in [0.1, 0.15) is 21.5 Å². The van der Waals surface area contributed by atoms with Gasteiger partial charge in [0, 0.05) is 22.9 Å². The number of carbonyl (C=O) groups excluding carboxylic acids is 1. The molecule has 0 spiro atoms. The number of nitro groups is 1. The Balaban J connectivity index is 2.30. The zero-order valence-electron chi connectivity index (χ0n) is 11.6. The van der Waals surface area contributed by atoms with Crippen molar-refractivity contribution in [1.82, 2.24) is 0 Å². The highest BCUT2D eigenvalue weighted by Crippen LogP contribution is 2.24. The number of amides is 1. The minimum atomic E-state index is -0.517. The van der Waals surface area contributed by atoms with E-state index < -0.39 is 10.8 Å². The van der Waals surface area contributed by atoms with E-state index in [0.29, 0.717) is 16.8 Å². The number of rotatable bonds is 3. The summed E-state index contributed by atoms with van der Waals surface area (Å²) in [6.07, 6.45) is 0. The number of aromatic hydroxyl groups is 1. The number of nitrogens with zero attached hydrogens (tertiary/aromatic N) is 1. The fraction of sp³-hybridized carbons (Fsp3) is 0.133. The molecule has 0 aromatic heterocycles. The summed E-state index contributed by atoms with van der Waals surface area (Å²) in [6.45, 7) is 3.25. The minimum Gasteiger partial charge on any atom is -0.508 e. The van der Waals surface area contributed by atoms with Gasteiger partial charge in [-0.1, -0.05) is 6.07 Å². The Hall–Kier alpha value is -2.89. The molecule has 6 nitrogen and oxygen atoms in total. The lowest BCUT2D eigenvalue weighted by Crippen LogP contribution is -2.14. The number of hydrogen-bond acceptors (Lipinski definition) is 4. The van der Waals surface area contributed by atoms with Gasteiger partial charge in [-0.25, -0.2) is 0 Å². The van der Waals surface area contributed by atoms with Crippen LogP contribution in [0.4, 0.5) is 11.4 Å². The number of nitrogens with one attached hydrogen (secondary N) is 1. The molecular weight excluding hydrogens is 272 g/mol. The highest BCUT2D eigenvalue weighted by atomic mass is 16.6. The van der Waals surface area contributed by atoms with E-state index in [9.17, 15) is 20.0 Å². The number of benzene rings is 2. The number of aryl methyl sites for hydroxylation is 1. The van der Waals surface area contributed by atoms with E-state index in [1.54, 1.807) is 19.1 Å². The van der Waals surface area contributed by atoms with Gasteiger partial charge in [-0.15, -0.1) is 0 Å². The highest BCUT2D eigenvalue weighted by Gasteiger charge is 2.18. The van der Waals surface area contributed by atoms with Gasteiger partial charge in [0.15, 0.2) is 0 Å². The van der Waals surface area contributed by atoms with Crippen LogP contribution in [0.15, 0.2) is 36.4 Å². The smallest absolute Gasteiger partial charge is 0.273 e. The van der Waals surface area contributed by atoms with E-state index in [1.165, 1.54) is 31.2 Å². The van der Waals surface area contributed by atoms with Crippen LogP contribution in [-0.4, -0.2) is 15.9 Å². The largest absolute Gasteiger partial charge is 0.508 e. The zero-order valence-corrected chi connectivity index (χ0v) is 11.6. The Morgan fingerprint density at radius 2 is 1.95 bits per heavy atom. The molecule has 0 saturated heterocycles. The molecule has 0 heterocycles. The molecule has 0 unspecified atom stereocenters. The van der Waals surface area contributed by atoms with Gasteiger partial charge in [0.05, 0.1) is 4.92 Å². The number of phenols is 1. The van der Waals surface area contributed by atoms with Gasteiger partial charge in [-0.2, -0.15) is 0 Å². The Bertz CT molecular complexity index is 726. The second-order valence-electron chi connectivity index (χ2n) is 4.66. The zero-order chi connectivity index (χ0) is 15.6. The fourth-order valence-corrected chi connectivity index (χ4v) is 2.00. The lowest BCUT2D eigenvalue weighted by atomic mass is 10.1. The second kappa shape index (κ2) is 5.62. The van der Waals surface area contributed by atoms with Crippen molar-refractivity contribution in [2.75, 3.05) is 5.32 Å².